The third-order valence-corrected chi connectivity index (χ3v) is 6.31. The maximum absolute atomic E-state index is 12.8. The highest BCUT2D eigenvalue weighted by atomic mass is 16.5. The molecule has 4 rings (SSSR count). The standard InChI is InChI=1S/C23H32N6O3/c1-15(2)21-26-19(32-27-21)8-9-20(30)29-12-6-7-17(14-29)22-24-13-18(16(3)25-22)23(31)28-10-4-5-11-28/h13,15,17H,4-12,14H2,1-3H3/t17-/m0/s1. The summed E-state index contributed by atoms with van der Waals surface area (Å²) in [6, 6.07) is 0. The van der Waals surface area contributed by atoms with Gasteiger partial charge in [0.2, 0.25) is 11.8 Å². The van der Waals surface area contributed by atoms with Gasteiger partial charge in [0.15, 0.2) is 5.82 Å². The summed E-state index contributed by atoms with van der Waals surface area (Å²) in [7, 11) is 0. The molecule has 0 N–H and O–H groups in total. The third-order valence-electron chi connectivity index (χ3n) is 6.31. The fraction of sp³-hybridized carbons (Fsp3) is 0.652. The van der Waals surface area contributed by atoms with E-state index in [1.54, 1.807) is 6.20 Å². The van der Waals surface area contributed by atoms with Crippen molar-refractivity contribution >= 4 is 11.8 Å². The number of aromatic nitrogens is 4. The van der Waals surface area contributed by atoms with Crippen molar-refractivity contribution in [3.8, 4) is 0 Å². The van der Waals surface area contributed by atoms with Crippen LogP contribution in [0, 0.1) is 6.92 Å². The lowest BCUT2D eigenvalue weighted by molar-refractivity contribution is -0.132. The van der Waals surface area contributed by atoms with E-state index in [1.165, 1.54) is 0 Å². The van der Waals surface area contributed by atoms with Crippen LogP contribution in [0.15, 0.2) is 10.7 Å². The fourth-order valence-corrected chi connectivity index (χ4v) is 4.37. The number of rotatable bonds is 6. The van der Waals surface area contributed by atoms with Gasteiger partial charge in [-0.25, -0.2) is 9.97 Å². The Labute approximate surface area is 188 Å². The number of hydrogen-bond acceptors (Lipinski definition) is 7. The lowest BCUT2D eigenvalue weighted by atomic mass is 9.96. The van der Waals surface area contributed by atoms with Crippen LogP contribution in [0.25, 0.3) is 0 Å². The summed E-state index contributed by atoms with van der Waals surface area (Å²) < 4.78 is 5.25. The average Bonchev–Trinajstić information content (AvgIpc) is 3.49. The molecule has 2 aliphatic heterocycles. The Kier molecular flexibility index (Phi) is 6.81. The Hall–Kier alpha value is -2.84. The van der Waals surface area contributed by atoms with Crippen LogP contribution in [0.3, 0.4) is 0 Å². The molecule has 0 unspecified atom stereocenters. The van der Waals surface area contributed by atoms with Crippen molar-refractivity contribution < 1.29 is 14.1 Å². The number of carbonyl (C=O) groups is 2. The average molecular weight is 441 g/mol. The molecular formula is C23H32N6O3. The number of aryl methyl sites for hydroxylation is 2. The van der Waals surface area contributed by atoms with Crippen LogP contribution in [-0.2, 0) is 11.2 Å². The zero-order valence-electron chi connectivity index (χ0n) is 19.2. The molecular weight excluding hydrogens is 408 g/mol. The van der Waals surface area contributed by atoms with Crippen molar-refractivity contribution in [2.45, 2.75) is 71.1 Å². The second-order valence-electron chi connectivity index (χ2n) is 9.11. The van der Waals surface area contributed by atoms with E-state index in [2.05, 4.69) is 20.1 Å². The van der Waals surface area contributed by atoms with Crippen LogP contribution >= 0.6 is 0 Å². The molecule has 0 aromatic carbocycles. The topological polar surface area (TPSA) is 105 Å². The highest BCUT2D eigenvalue weighted by molar-refractivity contribution is 5.95. The van der Waals surface area contributed by atoms with Gasteiger partial charge in [-0.05, 0) is 32.6 Å². The molecule has 2 aromatic heterocycles. The Balaban J connectivity index is 1.36. The molecule has 0 bridgehead atoms. The van der Waals surface area contributed by atoms with Gasteiger partial charge in [0, 0.05) is 57.1 Å². The molecule has 1 atom stereocenters. The lowest BCUT2D eigenvalue weighted by Crippen LogP contribution is -2.39. The molecule has 2 aromatic rings. The summed E-state index contributed by atoms with van der Waals surface area (Å²) in [5.74, 6) is 2.28. The first-order valence-electron chi connectivity index (χ1n) is 11.7. The monoisotopic (exact) mass is 440 g/mol. The number of piperidine rings is 1. The van der Waals surface area contributed by atoms with Crippen molar-refractivity contribution in [2.75, 3.05) is 26.2 Å². The maximum atomic E-state index is 12.8. The normalized spacial score (nSPS) is 19.1. The molecule has 32 heavy (non-hydrogen) atoms. The second-order valence-corrected chi connectivity index (χ2v) is 9.11. The van der Waals surface area contributed by atoms with Gasteiger partial charge in [0.25, 0.3) is 5.91 Å². The van der Waals surface area contributed by atoms with Gasteiger partial charge in [0.1, 0.15) is 5.82 Å². The SMILES string of the molecule is Cc1nc([C@H]2CCCN(C(=O)CCc3nc(C(C)C)no3)C2)ncc1C(=O)N1CCCC1. The first-order valence-corrected chi connectivity index (χ1v) is 11.7. The Morgan fingerprint density at radius 2 is 1.88 bits per heavy atom. The summed E-state index contributed by atoms with van der Waals surface area (Å²) in [5.41, 5.74) is 1.30. The number of nitrogens with zero attached hydrogens (tertiary/aromatic N) is 6. The molecule has 2 saturated heterocycles. The Morgan fingerprint density at radius 3 is 2.56 bits per heavy atom. The minimum atomic E-state index is 0.0219. The van der Waals surface area contributed by atoms with E-state index in [1.807, 2.05) is 30.6 Å². The fourth-order valence-electron chi connectivity index (χ4n) is 4.37. The number of likely N-dealkylation sites (tertiary alicyclic amines) is 2. The first kappa shape index (κ1) is 22.4. The first-order chi connectivity index (χ1) is 15.4. The van der Waals surface area contributed by atoms with E-state index in [9.17, 15) is 9.59 Å². The molecule has 9 nitrogen and oxygen atoms in total. The second kappa shape index (κ2) is 9.75. The summed E-state index contributed by atoms with van der Waals surface area (Å²) in [6.07, 6.45) is 6.41. The van der Waals surface area contributed by atoms with Gasteiger partial charge in [0.05, 0.1) is 11.3 Å². The van der Waals surface area contributed by atoms with E-state index in [0.717, 1.165) is 51.1 Å². The predicted octanol–water partition coefficient (Wildman–Crippen LogP) is 2.87. The van der Waals surface area contributed by atoms with E-state index in [4.69, 9.17) is 4.52 Å². The minimum absolute atomic E-state index is 0.0219. The van der Waals surface area contributed by atoms with E-state index in [0.29, 0.717) is 42.4 Å². The van der Waals surface area contributed by atoms with Crippen molar-refractivity contribution in [1.82, 2.24) is 29.9 Å². The highest BCUT2D eigenvalue weighted by Crippen LogP contribution is 2.26. The van der Waals surface area contributed by atoms with Crippen LogP contribution in [0.1, 0.15) is 91.4 Å². The van der Waals surface area contributed by atoms with Crippen LogP contribution in [0.4, 0.5) is 0 Å². The van der Waals surface area contributed by atoms with E-state index in [-0.39, 0.29) is 23.7 Å². The van der Waals surface area contributed by atoms with Crippen LogP contribution in [0.5, 0.6) is 0 Å². The quantitative estimate of drug-likeness (QED) is 0.680. The number of hydrogen-bond donors (Lipinski definition) is 0. The van der Waals surface area contributed by atoms with Crippen LogP contribution in [-0.4, -0.2) is 67.9 Å². The Bertz CT molecular complexity index is 966. The summed E-state index contributed by atoms with van der Waals surface area (Å²) in [5, 5.41) is 3.96. The smallest absolute Gasteiger partial charge is 0.257 e. The zero-order valence-corrected chi connectivity index (χ0v) is 19.2. The molecule has 2 amide bonds. The van der Waals surface area contributed by atoms with Crippen LogP contribution in [0.2, 0.25) is 0 Å². The van der Waals surface area contributed by atoms with Crippen molar-refractivity contribution in [2.24, 2.45) is 0 Å². The highest BCUT2D eigenvalue weighted by Gasteiger charge is 2.28. The van der Waals surface area contributed by atoms with E-state index < -0.39 is 0 Å². The van der Waals surface area contributed by atoms with Crippen molar-refractivity contribution in [1.29, 1.82) is 0 Å². The molecule has 4 heterocycles. The number of carbonyl (C=O) groups excluding carboxylic acids is 2. The van der Waals surface area contributed by atoms with E-state index >= 15 is 0 Å². The Morgan fingerprint density at radius 1 is 1.12 bits per heavy atom. The summed E-state index contributed by atoms with van der Waals surface area (Å²) in [6.45, 7) is 8.83. The van der Waals surface area contributed by atoms with Crippen molar-refractivity contribution in [3.05, 3.63) is 35.0 Å². The molecule has 172 valence electrons. The zero-order chi connectivity index (χ0) is 22.7. The lowest BCUT2D eigenvalue weighted by Gasteiger charge is -2.32. The van der Waals surface area contributed by atoms with Crippen LogP contribution < -0.4 is 0 Å². The van der Waals surface area contributed by atoms with Crippen molar-refractivity contribution in [3.63, 3.8) is 0 Å². The van der Waals surface area contributed by atoms with Gasteiger partial charge >= 0.3 is 0 Å². The molecule has 0 saturated carbocycles. The third kappa shape index (κ3) is 4.97. The van der Waals surface area contributed by atoms with Gasteiger partial charge in [-0.3, -0.25) is 9.59 Å². The predicted molar refractivity (Wildman–Crippen MR) is 117 cm³/mol. The molecule has 2 fully saturated rings. The summed E-state index contributed by atoms with van der Waals surface area (Å²) in [4.78, 5) is 42.8. The minimum Gasteiger partial charge on any atom is -0.342 e. The van der Waals surface area contributed by atoms with Gasteiger partial charge in [-0.2, -0.15) is 4.98 Å². The maximum Gasteiger partial charge on any atom is 0.257 e. The molecule has 0 spiro atoms. The molecule has 0 aliphatic carbocycles. The largest absolute Gasteiger partial charge is 0.342 e. The molecule has 2 aliphatic rings. The van der Waals surface area contributed by atoms with Gasteiger partial charge in [-0.1, -0.05) is 19.0 Å². The summed E-state index contributed by atoms with van der Waals surface area (Å²) >= 11 is 0. The van der Waals surface area contributed by atoms with Gasteiger partial charge < -0.3 is 14.3 Å². The number of amides is 2. The van der Waals surface area contributed by atoms with Gasteiger partial charge in [-0.15, -0.1) is 0 Å². The molecule has 9 heteroatoms. The molecule has 0 radical (unpaired) electrons.